The number of hydrogen-bond donors (Lipinski definition) is 0. The van der Waals surface area contributed by atoms with E-state index in [9.17, 15) is 17.6 Å². The summed E-state index contributed by atoms with van der Waals surface area (Å²) in [5, 5.41) is 0.831. The van der Waals surface area contributed by atoms with Crippen LogP contribution in [0.4, 0.5) is 9.18 Å². The van der Waals surface area contributed by atoms with Crippen LogP contribution in [0, 0.1) is 5.82 Å². The lowest BCUT2D eigenvalue weighted by Gasteiger charge is -2.32. The van der Waals surface area contributed by atoms with E-state index in [-0.39, 0.29) is 16.9 Å². The second-order valence-electron chi connectivity index (χ2n) is 9.42. The number of benzene rings is 1. The lowest BCUT2D eigenvalue weighted by atomic mass is 9.94. The molecule has 1 aromatic carbocycles. The molecule has 0 unspecified atom stereocenters. The van der Waals surface area contributed by atoms with Crippen molar-refractivity contribution in [3.8, 4) is 11.3 Å². The molecule has 1 aliphatic rings. The average molecular weight is 475 g/mol. The molecule has 0 aliphatic carbocycles. The predicted molar refractivity (Wildman–Crippen MR) is 122 cm³/mol. The fourth-order valence-electron chi connectivity index (χ4n) is 3.96. The number of aromatic nitrogens is 1. The monoisotopic (exact) mass is 474 g/mol. The van der Waals surface area contributed by atoms with Crippen molar-refractivity contribution in [3.63, 3.8) is 0 Å². The minimum atomic E-state index is -3.64. The van der Waals surface area contributed by atoms with Crippen LogP contribution in [0.25, 0.3) is 22.2 Å². The van der Waals surface area contributed by atoms with E-state index in [1.807, 2.05) is 26.8 Å². The van der Waals surface area contributed by atoms with Crippen molar-refractivity contribution in [2.24, 2.45) is 0 Å². The Morgan fingerprint density at radius 3 is 2.48 bits per heavy atom. The number of pyridine rings is 1. The fraction of sp³-hybridized carbons (Fsp3) is 0.417. The van der Waals surface area contributed by atoms with Crippen molar-refractivity contribution >= 4 is 26.9 Å². The van der Waals surface area contributed by atoms with Crippen molar-refractivity contribution in [2.75, 3.05) is 19.3 Å². The molecule has 1 fully saturated rings. The smallest absolute Gasteiger partial charge is 0.410 e. The molecule has 1 aliphatic heterocycles. The normalized spacial score (nSPS) is 15.7. The highest BCUT2D eigenvalue weighted by Crippen LogP contribution is 2.34. The number of carbonyl (C=O) groups excluding carboxylic acids is 1. The number of fused-ring (bicyclic) bond motifs is 1. The molecular weight excluding hydrogens is 447 g/mol. The van der Waals surface area contributed by atoms with E-state index < -0.39 is 21.3 Å². The van der Waals surface area contributed by atoms with Gasteiger partial charge in [0.1, 0.15) is 22.1 Å². The highest BCUT2D eigenvalue weighted by atomic mass is 32.2. The zero-order valence-corrected chi connectivity index (χ0v) is 19.9. The number of piperidine rings is 1. The first-order chi connectivity index (χ1) is 15.4. The van der Waals surface area contributed by atoms with Gasteiger partial charge in [0.25, 0.3) is 0 Å². The van der Waals surface area contributed by atoms with Crippen molar-refractivity contribution in [1.82, 2.24) is 9.88 Å². The zero-order valence-electron chi connectivity index (χ0n) is 19.1. The Kier molecular flexibility index (Phi) is 5.94. The third-order valence-corrected chi connectivity index (χ3v) is 6.73. The molecule has 1 saturated heterocycles. The largest absolute Gasteiger partial charge is 0.459 e. The molecule has 0 radical (unpaired) electrons. The third-order valence-electron chi connectivity index (χ3n) is 5.60. The summed E-state index contributed by atoms with van der Waals surface area (Å²) in [5.74, 6) is 0.193. The third kappa shape index (κ3) is 5.19. The highest BCUT2D eigenvalue weighted by molar-refractivity contribution is 7.90. The molecule has 3 aromatic rings. The summed E-state index contributed by atoms with van der Waals surface area (Å²) in [7, 11) is -3.64. The van der Waals surface area contributed by atoms with Crippen LogP contribution in [0.5, 0.6) is 0 Å². The van der Waals surface area contributed by atoms with Crippen molar-refractivity contribution in [1.29, 1.82) is 0 Å². The highest BCUT2D eigenvalue weighted by Gasteiger charge is 2.29. The van der Waals surface area contributed by atoms with E-state index in [0.717, 1.165) is 30.2 Å². The molecule has 33 heavy (non-hydrogen) atoms. The predicted octanol–water partition coefficient (Wildman–Crippen LogP) is 5.15. The van der Waals surface area contributed by atoms with Gasteiger partial charge in [-0.15, -0.1) is 0 Å². The Morgan fingerprint density at radius 2 is 1.88 bits per heavy atom. The van der Waals surface area contributed by atoms with Gasteiger partial charge >= 0.3 is 6.09 Å². The maximum Gasteiger partial charge on any atom is 0.410 e. The number of carbonyl (C=O) groups is 1. The number of nitrogens with zero attached hydrogens (tertiary/aromatic N) is 2. The first kappa shape index (κ1) is 23.2. The number of halogens is 1. The van der Waals surface area contributed by atoms with Gasteiger partial charge in [0, 0.05) is 36.2 Å². The standard InChI is InChI=1S/C24H27FN2O5S/c1-24(2,3)32-23(28)27-9-7-15(8-10-27)20-13-17-12-19(26-14-21(17)31-20)16-5-6-22(18(25)11-16)33(4,29)30/h5-6,11-15H,7-10H2,1-4H3. The van der Waals surface area contributed by atoms with E-state index in [0.29, 0.717) is 29.9 Å². The SMILES string of the molecule is CC(C)(C)OC(=O)N1CCC(c2cc3cc(-c4ccc(S(C)(=O)=O)c(F)c4)ncc3o2)CC1. The van der Waals surface area contributed by atoms with E-state index >= 15 is 0 Å². The maximum atomic E-state index is 14.3. The van der Waals surface area contributed by atoms with Crippen LogP contribution in [0.2, 0.25) is 0 Å². The van der Waals surface area contributed by atoms with Gasteiger partial charge in [0.2, 0.25) is 0 Å². The van der Waals surface area contributed by atoms with Crippen LogP contribution in [-0.2, 0) is 14.6 Å². The lowest BCUT2D eigenvalue weighted by molar-refractivity contribution is 0.0200. The summed E-state index contributed by atoms with van der Waals surface area (Å²) in [6.07, 6.45) is 3.79. The van der Waals surface area contributed by atoms with Gasteiger partial charge in [-0.3, -0.25) is 4.98 Å². The van der Waals surface area contributed by atoms with Crippen LogP contribution >= 0.6 is 0 Å². The Labute approximate surface area is 192 Å². The Morgan fingerprint density at radius 1 is 1.18 bits per heavy atom. The molecule has 0 bridgehead atoms. The van der Waals surface area contributed by atoms with Crippen molar-refractivity contribution < 1.29 is 26.8 Å². The van der Waals surface area contributed by atoms with Gasteiger partial charge in [-0.05, 0) is 57.9 Å². The summed E-state index contributed by atoms with van der Waals surface area (Å²) in [6.45, 7) is 6.73. The molecule has 176 valence electrons. The van der Waals surface area contributed by atoms with Crippen LogP contribution < -0.4 is 0 Å². The molecule has 0 N–H and O–H groups in total. The summed E-state index contributed by atoms with van der Waals surface area (Å²) < 4.78 is 49.1. The van der Waals surface area contributed by atoms with E-state index in [2.05, 4.69) is 4.98 Å². The molecule has 0 saturated carbocycles. The number of sulfone groups is 1. The second kappa shape index (κ2) is 8.44. The topological polar surface area (TPSA) is 89.7 Å². The van der Waals surface area contributed by atoms with Gasteiger partial charge in [0.15, 0.2) is 15.4 Å². The van der Waals surface area contributed by atoms with Gasteiger partial charge < -0.3 is 14.1 Å². The summed E-state index contributed by atoms with van der Waals surface area (Å²) in [5.41, 5.74) is 1.10. The van der Waals surface area contributed by atoms with Crippen LogP contribution in [0.3, 0.4) is 0 Å². The Balaban J connectivity index is 1.50. The summed E-state index contributed by atoms with van der Waals surface area (Å²) >= 11 is 0. The molecule has 7 nitrogen and oxygen atoms in total. The molecule has 2 aromatic heterocycles. The van der Waals surface area contributed by atoms with Crippen LogP contribution in [-0.4, -0.2) is 49.3 Å². The fourth-order valence-corrected chi connectivity index (χ4v) is 4.69. The average Bonchev–Trinajstić information content (AvgIpc) is 3.15. The van der Waals surface area contributed by atoms with Gasteiger partial charge in [-0.1, -0.05) is 6.07 Å². The molecule has 0 atom stereocenters. The van der Waals surface area contributed by atoms with Gasteiger partial charge in [-0.2, -0.15) is 0 Å². The molecule has 3 heterocycles. The van der Waals surface area contributed by atoms with E-state index in [1.165, 1.54) is 12.1 Å². The molecule has 4 rings (SSSR count). The van der Waals surface area contributed by atoms with Gasteiger partial charge in [-0.25, -0.2) is 17.6 Å². The number of likely N-dealkylation sites (tertiary alicyclic amines) is 1. The number of ether oxygens (including phenoxy) is 1. The summed E-state index contributed by atoms with van der Waals surface area (Å²) in [6, 6.07) is 7.73. The number of amides is 1. The minimum Gasteiger partial charge on any atom is -0.459 e. The molecular formula is C24H27FN2O5S. The van der Waals surface area contributed by atoms with Crippen molar-refractivity contribution in [2.45, 2.75) is 50.0 Å². The number of furan rings is 1. The Bertz CT molecular complexity index is 1300. The summed E-state index contributed by atoms with van der Waals surface area (Å²) in [4.78, 5) is 18.0. The molecule has 0 spiro atoms. The minimum absolute atomic E-state index is 0.172. The maximum absolute atomic E-state index is 14.3. The first-order valence-electron chi connectivity index (χ1n) is 10.8. The molecule has 1 amide bonds. The van der Waals surface area contributed by atoms with Crippen LogP contribution in [0.15, 0.2) is 45.8 Å². The zero-order chi connectivity index (χ0) is 24.0. The second-order valence-corrected chi connectivity index (χ2v) is 11.4. The molecule has 9 heteroatoms. The lowest BCUT2D eigenvalue weighted by Crippen LogP contribution is -2.41. The van der Waals surface area contributed by atoms with Crippen LogP contribution in [0.1, 0.15) is 45.3 Å². The first-order valence-corrected chi connectivity index (χ1v) is 12.7. The Hall–Kier alpha value is -2.94. The van der Waals surface area contributed by atoms with E-state index in [1.54, 1.807) is 23.2 Å². The van der Waals surface area contributed by atoms with Gasteiger partial charge in [0.05, 0.1) is 11.9 Å². The van der Waals surface area contributed by atoms with E-state index in [4.69, 9.17) is 9.15 Å². The number of hydrogen-bond acceptors (Lipinski definition) is 6. The quantitative estimate of drug-likeness (QED) is 0.521. The number of rotatable bonds is 3. The van der Waals surface area contributed by atoms with Crippen molar-refractivity contribution in [3.05, 3.63) is 48.1 Å².